The number of piperazine rings is 1. The van der Waals surface area contributed by atoms with Gasteiger partial charge in [0.05, 0.1) is 0 Å². The first-order valence-electron chi connectivity index (χ1n) is 10.7. The Morgan fingerprint density at radius 1 is 1.10 bits per heavy atom. The van der Waals surface area contributed by atoms with Crippen LogP contribution in [0.1, 0.15) is 34.7 Å². The molecule has 0 unspecified atom stereocenters. The van der Waals surface area contributed by atoms with Crippen molar-refractivity contribution in [1.29, 1.82) is 0 Å². The molecule has 2 aromatic rings. The van der Waals surface area contributed by atoms with Gasteiger partial charge in [-0.05, 0) is 37.5 Å². The molecule has 8 nitrogen and oxygen atoms in total. The van der Waals surface area contributed by atoms with Gasteiger partial charge in [0.25, 0.3) is 5.91 Å². The SMILES string of the molecule is Cc1cc(C(=O)N2CCC[C@@H](N3CCN(Cc4ccc5c(c4)OCO5)CC3)C2)no1. The molecule has 0 N–H and O–H groups in total. The third-order valence-electron chi connectivity index (χ3n) is 6.30. The Balaban J connectivity index is 1.14. The molecule has 2 fully saturated rings. The molecular formula is C22H28N4O4. The normalized spacial score (nSPS) is 22.4. The lowest BCUT2D eigenvalue weighted by molar-refractivity contribution is 0.0401. The van der Waals surface area contributed by atoms with Crippen molar-refractivity contribution in [3.63, 3.8) is 0 Å². The van der Waals surface area contributed by atoms with Crippen LogP contribution in [0, 0.1) is 6.92 Å². The summed E-state index contributed by atoms with van der Waals surface area (Å²) in [6.07, 6.45) is 2.18. The zero-order chi connectivity index (χ0) is 20.5. The van der Waals surface area contributed by atoms with Gasteiger partial charge in [-0.15, -0.1) is 0 Å². The van der Waals surface area contributed by atoms with Gasteiger partial charge in [-0.3, -0.25) is 14.6 Å². The van der Waals surface area contributed by atoms with Crippen LogP contribution in [0.3, 0.4) is 0 Å². The van der Waals surface area contributed by atoms with Gasteiger partial charge in [0.2, 0.25) is 6.79 Å². The second-order valence-corrected chi connectivity index (χ2v) is 8.37. The van der Waals surface area contributed by atoms with E-state index in [4.69, 9.17) is 14.0 Å². The first kappa shape index (κ1) is 19.4. The molecule has 1 aromatic carbocycles. The summed E-state index contributed by atoms with van der Waals surface area (Å²) in [6.45, 7) is 8.73. The molecule has 3 aliphatic heterocycles. The molecule has 1 amide bonds. The monoisotopic (exact) mass is 412 g/mol. The number of carbonyl (C=O) groups excluding carboxylic acids is 1. The molecule has 30 heavy (non-hydrogen) atoms. The van der Waals surface area contributed by atoms with Crippen LogP contribution in [-0.2, 0) is 6.54 Å². The molecule has 0 aliphatic carbocycles. The van der Waals surface area contributed by atoms with Crippen LogP contribution in [-0.4, -0.2) is 77.9 Å². The lowest BCUT2D eigenvalue weighted by atomic mass is 10.0. The van der Waals surface area contributed by atoms with E-state index in [1.165, 1.54) is 5.56 Å². The summed E-state index contributed by atoms with van der Waals surface area (Å²) in [6, 6.07) is 8.35. The van der Waals surface area contributed by atoms with E-state index in [-0.39, 0.29) is 5.91 Å². The van der Waals surface area contributed by atoms with Gasteiger partial charge in [0, 0.05) is 57.9 Å². The van der Waals surface area contributed by atoms with Crippen molar-refractivity contribution in [3.05, 3.63) is 41.3 Å². The quantitative estimate of drug-likeness (QED) is 0.762. The molecule has 1 aromatic heterocycles. The molecule has 3 aliphatic rings. The van der Waals surface area contributed by atoms with Crippen molar-refractivity contribution in [3.8, 4) is 11.5 Å². The van der Waals surface area contributed by atoms with E-state index in [0.29, 0.717) is 24.3 Å². The van der Waals surface area contributed by atoms with E-state index < -0.39 is 0 Å². The van der Waals surface area contributed by atoms with Crippen molar-refractivity contribution >= 4 is 5.91 Å². The highest BCUT2D eigenvalue weighted by atomic mass is 16.7. The number of piperidine rings is 1. The van der Waals surface area contributed by atoms with Gasteiger partial charge in [0.1, 0.15) is 5.76 Å². The van der Waals surface area contributed by atoms with Crippen molar-refractivity contribution in [2.45, 2.75) is 32.4 Å². The predicted octanol–water partition coefficient (Wildman–Crippen LogP) is 2.13. The molecule has 5 rings (SSSR count). The van der Waals surface area contributed by atoms with Crippen LogP contribution in [0.4, 0.5) is 0 Å². The number of fused-ring (bicyclic) bond motifs is 1. The fraction of sp³-hybridized carbons (Fsp3) is 0.545. The Morgan fingerprint density at radius 2 is 1.93 bits per heavy atom. The first-order valence-corrected chi connectivity index (χ1v) is 10.7. The predicted molar refractivity (Wildman–Crippen MR) is 110 cm³/mol. The van der Waals surface area contributed by atoms with E-state index >= 15 is 0 Å². The summed E-state index contributed by atoms with van der Waals surface area (Å²) < 4.78 is 16.0. The lowest BCUT2D eigenvalue weighted by Crippen LogP contribution is -2.55. The molecule has 1 atom stereocenters. The summed E-state index contributed by atoms with van der Waals surface area (Å²) in [5, 5.41) is 3.90. The second kappa shape index (κ2) is 8.28. The second-order valence-electron chi connectivity index (χ2n) is 8.37. The van der Waals surface area contributed by atoms with Gasteiger partial charge in [0.15, 0.2) is 17.2 Å². The molecule has 0 saturated carbocycles. The van der Waals surface area contributed by atoms with E-state index in [0.717, 1.165) is 70.2 Å². The van der Waals surface area contributed by atoms with Gasteiger partial charge in [-0.1, -0.05) is 11.2 Å². The van der Waals surface area contributed by atoms with Crippen LogP contribution >= 0.6 is 0 Å². The Kier molecular flexibility index (Phi) is 5.35. The molecule has 8 heteroatoms. The Labute approximate surface area is 176 Å². The summed E-state index contributed by atoms with van der Waals surface area (Å²) in [7, 11) is 0. The average Bonchev–Trinajstić information content (AvgIpc) is 3.42. The average molecular weight is 412 g/mol. The molecule has 0 spiro atoms. The fourth-order valence-corrected chi connectivity index (χ4v) is 4.65. The molecule has 0 radical (unpaired) electrons. The minimum atomic E-state index is -0.0157. The Hall–Kier alpha value is -2.58. The number of rotatable bonds is 4. The molecule has 160 valence electrons. The third-order valence-corrected chi connectivity index (χ3v) is 6.30. The van der Waals surface area contributed by atoms with Crippen LogP contribution in [0.5, 0.6) is 11.5 Å². The largest absolute Gasteiger partial charge is 0.454 e. The molecule has 2 saturated heterocycles. The standard InChI is InChI=1S/C22H28N4O4/c1-16-11-19(23-30-16)22(27)26-6-2-3-18(14-26)25-9-7-24(8-10-25)13-17-4-5-20-21(12-17)29-15-28-20/h4-5,11-12,18H,2-3,6-10,13-15H2,1H3/t18-/m1/s1. The Bertz CT molecular complexity index is 906. The van der Waals surface area contributed by atoms with E-state index in [1.54, 1.807) is 6.07 Å². The van der Waals surface area contributed by atoms with Crippen LogP contribution < -0.4 is 9.47 Å². The lowest BCUT2D eigenvalue weighted by Gasteiger charge is -2.43. The first-order chi connectivity index (χ1) is 14.7. The van der Waals surface area contributed by atoms with E-state index in [9.17, 15) is 4.79 Å². The van der Waals surface area contributed by atoms with Gasteiger partial charge in [-0.25, -0.2) is 0 Å². The maximum absolute atomic E-state index is 12.7. The van der Waals surface area contributed by atoms with Gasteiger partial charge < -0.3 is 18.9 Å². The number of ether oxygens (including phenoxy) is 2. The van der Waals surface area contributed by atoms with E-state index in [2.05, 4.69) is 27.1 Å². The van der Waals surface area contributed by atoms with Gasteiger partial charge in [-0.2, -0.15) is 0 Å². The maximum atomic E-state index is 12.7. The summed E-state index contributed by atoms with van der Waals surface area (Å²) in [4.78, 5) is 19.7. The Morgan fingerprint density at radius 3 is 2.73 bits per heavy atom. The fourth-order valence-electron chi connectivity index (χ4n) is 4.65. The highest BCUT2D eigenvalue weighted by Gasteiger charge is 2.31. The summed E-state index contributed by atoms with van der Waals surface area (Å²) in [5.41, 5.74) is 1.67. The smallest absolute Gasteiger partial charge is 0.276 e. The zero-order valence-electron chi connectivity index (χ0n) is 17.4. The molecular weight excluding hydrogens is 384 g/mol. The van der Waals surface area contributed by atoms with Crippen LogP contribution in [0.25, 0.3) is 0 Å². The van der Waals surface area contributed by atoms with Crippen LogP contribution in [0.15, 0.2) is 28.8 Å². The molecule has 4 heterocycles. The van der Waals surface area contributed by atoms with Crippen molar-refractivity contribution in [2.24, 2.45) is 0 Å². The highest BCUT2D eigenvalue weighted by Crippen LogP contribution is 2.33. The van der Waals surface area contributed by atoms with Crippen LogP contribution in [0.2, 0.25) is 0 Å². The number of carbonyl (C=O) groups is 1. The topological polar surface area (TPSA) is 71.3 Å². The summed E-state index contributed by atoms with van der Waals surface area (Å²) >= 11 is 0. The number of aromatic nitrogens is 1. The summed E-state index contributed by atoms with van der Waals surface area (Å²) in [5.74, 6) is 2.34. The number of amides is 1. The van der Waals surface area contributed by atoms with E-state index in [1.807, 2.05) is 17.9 Å². The maximum Gasteiger partial charge on any atom is 0.276 e. The third kappa shape index (κ3) is 4.02. The number of hydrogen-bond acceptors (Lipinski definition) is 7. The molecule has 0 bridgehead atoms. The number of benzene rings is 1. The number of hydrogen-bond donors (Lipinski definition) is 0. The zero-order valence-corrected chi connectivity index (χ0v) is 17.4. The minimum Gasteiger partial charge on any atom is -0.454 e. The minimum absolute atomic E-state index is 0.0157. The number of nitrogens with zero attached hydrogens (tertiary/aromatic N) is 4. The van der Waals surface area contributed by atoms with Crippen molar-refractivity contribution < 1.29 is 18.8 Å². The van der Waals surface area contributed by atoms with Gasteiger partial charge >= 0.3 is 0 Å². The number of likely N-dealkylation sites (tertiary alicyclic amines) is 1. The highest BCUT2D eigenvalue weighted by molar-refractivity contribution is 5.92. The number of aryl methyl sites for hydroxylation is 1. The van der Waals surface area contributed by atoms with Crippen molar-refractivity contribution in [1.82, 2.24) is 19.9 Å². The van der Waals surface area contributed by atoms with Crippen molar-refractivity contribution in [2.75, 3.05) is 46.1 Å².